The van der Waals surface area contributed by atoms with Gasteiger partial charge in [-0.3, -0.25) is 4.79 Å². The summed E-state index contributed by atoms with van der Waals surface area (Å²) in [4.78, 5) is 19.3. The predicted octanol–water partition coefficient (Wildman–Crippen LogP) is 1.80. The SMILES string of the molecule is CCOC(=O)[C@H]1C[C@@H]1c1cc(Cl)ncn1. The number of halogens is 1. The fourth-order valence-corrected chi connectivity index (χ4v) is 1.74. The third-order valence-corrected chi connectivity index (χ3v) is 2.62. The van der Waals surface area contributed by atoms with Crippen molar-refractivity contribution in [3.63, 3.8) is 0 Å². The van der Waals surface area contributed by atoms with E-state index in [1.807, 2.05) is 0 Å². The van der Waals surface area contributed by atoms with E-state index in [1.54, 1.807) is 13.0 Å². The Labute approximate surface area is 92.6 Å². The molecule has 0 N–H and O–H groups in total. The fraction of sp³-hybridized carbons (Fsp3) is 0.500. The van der Waals surface area contributed by atoms with Crippen LogP contribution in [-0.4, -0.2) is 22.5 Å². The molecule has 0 bridgehead atoms. The number of carbonyl (C=O) groups is 1. The number of hydrogen-bond donors (Lipinski definition) is 0. The van der Waals surface area contributed by atoms with Gasteiger partial charge in [-0.2, -0.15) is 0 Å². The Bertz CT molecular complexity index is 383. The molecule has 0 amide bonds. The minimum absolute atomic E-state index is 0.0454. The van der Waals surface area contributed by atoms with Gasteiger partial charge in [-0.1, -0.05) is 11.6 Å². The van der Waals surface area contributed by atoms with E-state index in [9.17, 15) is 4.79 Å². The lowest BCUT2D eigenvalue weighted by molar-refractivity contribution is -0.144. The van der Waals surface area contributed by atoms with Crippen LogP contribution in [0.15, 0.2) is 12.4 Å². The Balaban J connectivity index is 2.01. The summed E-state index contributed by atoms with van der Waals surface area (Å²) >= 11 is 5.74. The van der Waals surface area contributed by atoms with Gasteiger partial charge >= 0.3 is 5.97 Å². The number of rotatable bonds is 3. The standard InChI is InChI=1S/C10H11ClN2O2/c1-2-15-10(14)7-3-6(7)8-4-9(11)13-5-12-8/h4-7H,2-3H2,1H3/t6-,7-/m0/s1. The van der Waals surface area contributed by atoms with Crippen LogP contribution in [0, 0.1) is 5.92 Å². The molecule has 1 aromatic heterocycles. The number of carbonyl (C=O) groups excluding carboxylic acids is 1. The molecule has 4 nitrogen and oxygen atoms in total. The maximum atomic E-state index is 11.4. The van der Waals surface area contributed by atoms with Crippen molar-refractivity contribution < 1.29 is 9.53 Å². The fourth-order valence-electron chi connectivity index (χ4n) is 1.58. The monoisotopic (exact) mass is 226 g/mol. The molecular weight excluding hydrogens is 216 g/mol. The maximum Gasteiger partial charge on any atom is 0.309 e. The third kappa shape index (κ3) is 2.26. The van der Waals surface area contributed by atoms with Crippen molar-refractivity contribution in [2.45, 2.75) is 19.3 Å². The summed E-state index contributed by atoms with van der Waals surface area (Å²) in [7, 11) is 0. The summed E-state index contributed by atoms with van der Waals surface area (Å²) in [6.45, 7) is 2.23. The smallest absolute Gasteiger partial charge is 0.309 e. The highest BCUT2D eigenvalue weighted by molar-refractivity contribution is 6.29. The van der Waals surface area contributed by atoms with Crippen LogP contribution in [0.4, 0.5) is 0 Å². The third-order valence-electron chi connectivity index (χ3n) is 2.41. The molecule has 1 aromatic rings. The normalized spacial score (nSPS) is 23.6. The topological polar surface area (TPSA) is 52.1 Å². The molecule has 5 heteroatoms. The van der Waals surface area contributed by atoms with Gasteiger partial charge in [0, 0.05) is 11.6 Å². The van der Waals surface area contributed by atoms with Crippen molar-refractivity contribution in [3.8, 4) is 0 Å². The van der Waals surface area contributed by atoms with Crippen LogP contribution in [0.2, 0.25) is 5.15 Å². The zero-order chi connectivity index (χ0) is 10.8. The zero-order valence-electron chi connectivity index (χ0n) is 8.31. The highest BCUT2D eigenvalue weighted by Crippen LogP contribution is 2.47. The van der Waals surface area contributed by atoms with Crippen molar-refractivity contribution in [3.05, 3.63) is 23.2 Å². The summed E-state index contributed by atoms with van der Waals surface area (Å²) < 4.78 is 4.93. The van der Waals surface area contributed by atoms with Crippen LogP contribution >= 0.6 is 11.6 Å². The molecule has 1 heterocycles. The van der Waals surface area contributed by atoms with E-state index in [-0.39, 0.29) is 17.8 Å². The Morgan fingerprint density at radius 2 is 2.47 bits per heavy atom. The second-order valence-corrected chi connectivity index (χ2v) is 3.85. The zero-order valence-corrected chi connectivity index (χ0v) is 9.07. The van der Waals surface area contributed by atoms with Gasteiger partial charge in [0.2, 0.25) is 0 Å². The van der Waals surface area contributed by atoms with Gasteiger partial charge in [0.05, 0.1) is 12.5 Å². The number of esters is 1. The minimum Gasteiger partial charge on any atom is -0.466 e. The van der Waals surface area contributed by atoms with E-state index in [2.05, 4.69) is 9.97 Å². The first-order valence-electron chi connectivity index (χ1n) is 4.86. The summed E-state index contributed by atoms with van der Waals surface area (Å²) in [5.41, 5.74) is 0.827. The van der Waals surface area contributed by atoms with Crippen LogP contribution in [-0.2, 0) is 9.53 Å². The van der Waals surface area contributed by atoms with Gasteiger partial charge in [-0.15, -0.1) is 0 Å². The molecule has 1 fully saturated rings. The first-order valence-corrected chi connectivity index (χ1v) is 5.24. The first-order chi connectivity index (χ1) is 7.22. The molecule has 1 aliphatic carbocycles. The predicted molar refractivity (Wildman–Crippen MR) is 54.5 cm³/mol. The van der Waals surface area contributed by atoms with Crippen LogP contribution in [0.5, 0.6) is 0 Å². The quantitative estimate of drug-likeness (QED) is 0.583. The molecule has 0 unspecified atom stereocenters. The van der Waals surface area contributed by atoms with Crippen LogP contribution in [0.3, 0.4) is 0 Å². The van der Waals surface area contributed by atoms with Gasteiger partial charge in [0.1, 0.15) is 11.5 Å². The molecule has 15 heavy (non-hydrogen) atoms. The molecular formula is C10H11ClN2O2. The lowest BCUT2D eigenvalue weighted by Gasteiger charge is -2.00. The molecule has 0 spiro atoms. The van der Waals surface area contributed by atoms with E-state index < -0.39 is 0 Å². The molecule has 0 aromatic carbocycles. The van der Waals surface area contributed by atoms with Gasteiger partial charge in [0.15, 0.2) is 0 Å². The van der Waals surface area contributed by atoms with Gasteiger partial charge < -0.3 is 4.74 Å². The Morgan fingerprint density at radius 1 is 1.67 bits per heavy atom. The van der Waals surface area contributed by atoms with Gasteiger partial charge in [0.25, 0.3) is 0 Å². The van der Waals surface area contributed by atoms with Crippen molar-refractivity contribution in [1.82, 2.24) is 9.97 Å². The molecule has 2 rings (SSSR count). The second kappa shape index (κ2) is 4.14. The summed E-state index contributed by atoms with van der Waals surface area (Å²) in [5.74, 6) is -0.0299. The molecule has 2 atom stereocenters. The molecule has 80 valence electrons. The first kappa shape index (κ1) is 10.4. The van der Waals surface area contributed by atoms with E-state index >= 15 is 0 Å². The van der Waals surface area contributed by atoms with Crippen molar-refractivity contribution in [2.75, 3.05) is 6.61 Å². The van der Waals surface area contributed by atoms with E-state index in [4.69, 9.17) is 16.3 Å². The average molecular weight is 227 g/mol. The number of nitrogens with zero attached hydrogens (tertiary/aromatic N) is 2. The molecule has 1 saturated carbocycles. The van der Waals surface area contributed by atoms with E-state index in [0.717, 1.165) is 12.1 Å². The largest absolute Gasteiger partial charge is 0.466 e. The summed E-state index contributed by atoms with van der Waals surface area (Å²) in [5, 5.41) is 0.412. The highest BCUT2D eigenvalue weighted by atomic mass is 35.5. The van der Waals surface area contributed by atoms with Crippen molar-refractivity contribution in [1.29, 1.82) is 0 Å². The average Bonchev–Trinajstić information content (AvgIpc) is 2.97. The second-order valence-electron chi connectivity index (χ2n) is 3.47. The Kier molecular flexibility index (Phi) is 2.86. The molecule has 0 aliphatic heterocycles. The van der Waals surface area contributed by atoms with Crippen LogP contribution in [0.1, 0.15) is 25.0 Å². The number of aromatic nitrogens is 2. The number of ether oxygens (including phenoxy) is 1. The minimum atomic E-state index is -0.141. The lowest BCUT2D eigenvalue weighted by Crippen LogP contribution is -2.07. The van der Waals surface area contributed by atoms with Crippen LogP contribution in [0.25, 0.3) is 0 Å². The van der Waals surface area contributed by atoms with Crippen LogP contribution < -0.4 is 0 Å². The molecule has 1 aliphatic rings. The Hall–Kier alpha value is -1.16. The van der Waals surface area contributed by atoms with E-state index in [1.165, 1.54) is 6.33 Å². The maximum absolute atomic E-state index is 11.4. The lowest BCUT2D eigenvalue weighted by atomic mass is 10.2. The Morgan fingerprint density at radius 3 is 3.13 bits per heavy atom. The molecule has 0 radical (unpaired) electrons. The summed E-state index contributed by atoms with van der Waals surface area (Å²) in [6.07, 6.45) is 2.21. The van der Waals surface area contributed by atoms with Crippen molar-refractivity contribution in [2.24, 2.45) is 5.92 Å². The van der Waals surface area contributed by atoms with E-state index in [0.29, 0.717) is 11.8 Å². The number of hydrogen-bond acceptors (Lipinski definition) is 4. The molecule has 0 saturated heterocycles. The summed E-state index contributed by atoms with van der Waals surface area (Å²) in [6, 6.07) is 1.70. The van der Waals surface area contributed by atoms with Gasteiger partial charge in [-0.25, -0.2) is 9.97 Å². The van der Waals surface area contributed by atoms with Crippen molar-refractivity contribution >= 4 is 17.6 Å². The van der Waals surface area contributed by atoms with Gasteiger partial charge in [-0.05, 0) is 19.4 Å². The highest BCUT2D eigenvalue weighted by Gasteiger charge is 2.46.